The summed E-state index contributed by atoms with van der Waals surface area (Å²) in [4.78, 5) is 0.00561. The highest BCUT2D eigenvalue weighted by atomic mass is 32.2. The maximum absolute atomic E-state index is 12.3. The molecule has 0 fully saturated rings. The maximum Gasteiger partial charge on any atom is 0.297 e. The van der Waals surface area contributed by atoms with Gasteiger partial charge in [-0.2, -0.15) is 16.8 Å². The van der Waals surface area contributed by atoms with Gasteiger partial charge in [-0.15, -0.1) is 0 Å². The Hall–Kier alpha value is -1.00. The summed E-state index contributed by atoms with van der Waals surface area (Å²) in [6.45, 7) is 4.00. The lowest BCUT2D eigenvalue weighted by Gasteiger charge is -2.16. The first-order chi connectivity index (χ1) is 14.1. The van der Waals surface area contributed by atoms with Crippen molar-refractivity contribution in [2.75, 3.05) is 26.1 Å². The Morgan fingerprint density at radius 1 is 0.833 bits per heavy atom. The van der Waals surface area contributed by atoms with Gasteiger partial charge in [0.05, 0.1) is 24.4 Å². The number of hydrogen-bond donors (Lipinski definition) is 0. The van der Waals surface area contributed by atoms with Crippen molar-refractivity contribution in [3.8, 4) is 0 Å². The van der Waals surface area contributed by atoms with Gasteiger partial charge >= 0.3 is 0 Å². The summed E-state index contributed by atoms with van der Waals surface area (Å²) in [5.74, 6) is 0. The number of rotatable bonds is 17. The predicted octanol–water partition coefficient (Wildman–Crippen LogP) is 4.20. The molecular weight excluding hydrogens is 428 g/mol. The quantitative estimate of drug-likeness (QED) is 0.252. The molecule has 30 heavy (non-hydrogen) atoms. The van der Waals surface area contributed by atoms with Gasteiger partial charge in [-0.3, -0.25) is 8.37 Å². The minimum absolute atomic E-state index is 0.00561. The lowest BCUT2D eigenvalue weighted by Crippen LogP contribution is -2.29. The van der Waals surface area contributed by atoms with Gasteiger partial charge in [-0.05, 0) is 25.5 Å². The summed E-state index contributed by atoms with van der Waals surface area (Å²) in [5, 5.41) is 0. The predicted molar refractivity (Wildman–Crippen MR) is 117 cm³/mol. The zero-order valence-electron chi connectivity index (χ0n) is 18.3. The largest absolute Gasteiger partial charge is 0.379 e. The first-order valence-corrected chi connectivity index (χ1v) is 13.8. The second-order valence-corrected chi connectivity index (χ2v) is 10.7. The standard InChI is InChI=1S/C21H36O7S2/c1-4-5-6-7-8-9-10-11-16-26-17-20(28-29(3,22)23)18-27-30(24,25)21-14-12-19(2)13-15-21/h12-15,20H,4-11,16-18H2,1-3H3/t20-/m1/s1. The number of aryl methyl sites for hydroxylation is 1. The molecule has 0 saturated heterocycles. The van der Waals surface area contributed by atoms with Crippen molar-refractivity contribution < 1.29 is 29.9 Å². The van der Waals surface area contributed by atoms with Crippen LogP contribution in [0.5, 0.6) is 0 Å². The van der Waals surface area contributed by atoms with Crippen LogP contribution in [0.25, 0.3) is 0 Å². The number of ether oxygens (including phenoxy) is 1. The van der Waals surface area contributed by atoms with Crippen LogP contribution in [0, 0.1) is 6.92 Å². The van der Waals surface area contributed by atoms with E-state index in [1.165, 1.54) is 44.2 Å². The van der Waals surface area contributed by atoms with Crippen LogP contribution in [-0.2, 0) is 33.3 Å². The molecule has 1 aromatic rings. The van der Waals surface area contributed by atoms with Crippen LogP contribution < -0.4 is 0 Å². The van der Waals surface area contributed by atoms with Gasteiger partial charge in [0.25, 0.3) is 20.2 Å². The molecule has 1 atom stereocenters. The Balaban J connectivity index is 2.40. The Bertz CT molecular complexity index is 787. The summed E-state index contributed by atoms with van der Waals surface area (Å²) in [6, 6.07) is 6.20. The van der Waals surface area contributed by atoms with E-state index >= 15 is 0 Å². The van der Waals surface area contributed by atoms with E-state index in [9.17, 15) is 16.8 Å². The van der Waals surface area contributed by atoms with Crippen LogP contribution >= 0.6 is 0 Å². The van der Waals surface area contributed by atoms with Crippen molar-refractivity contribution in [2.24, 2.45) is 0 Å². The molecule has 7 nitrogen and oxygen atoms in total. The van der Waals surface area contributed by atoms with Crippen LogP contribution in [0.2, 0.25) is 0 Å². The van der Waals surface area contributed by atoms with Crippen LogP contribution in [0.15, 0.2) is 29.2 Å². The van der Waals surface area contributed by atoms with E-state index in [4.69, 9.17) is 13.1 Å². The molecule has 1 rings (SSSR count). The van der Waals surface area contributed by atoms with Crippen molar-refractivity contribution in [3.63, 3.8) is 0 Å². The molecule has 0 bridgehead atoms. The highest BCUT2D eigenvalue weighted by Crippen LogP contribution is 2.15. The van der Waals surface area contributed by atoms with E-state index in [2.05, 4.69) is 6.92 Å². The number of hydrogen-bond acceptors (Lipinski definition) is 7. The van der Waals surface area contributed by atoms with Gasteiger partial charge in [0.15, 0.2) is 0 Å². The maximum atomic E-state index is 12.3. The van der Waals surface area contributed by atoms with Crippen LogP contribution in [-0.4, -0.2) is 49.0 Å². The van der Waals surface area contributed by atoms with Crippen molar-refractivity contribution in [3.05, 3.63) is 29.8 Å². The van der Waals surface area contributed by atoms with E-state index in [1.54, 1.807) is 12.1 Å². The van der Waals surface area contributed by atoms with Crippen LogP contribution in [0.4, 0.5) is 0 Å². The van der Waals surface area contributed by atoms with Crippen molar-refractivity contribution in [2.45, 2.75) is 76.2 Å². The summed E-state index contributed by atoms with van der Waals surface area (Å²) < 4.78 is 63.0. The fraction of sp³-hybridized carbons (Fsp3) is 0.714. The van der Waals surface area contributed by atoms with Gasteiger partial charge in [0.2, 0.25) is 0 Å². The number of unbranched alkanes of at least 4 members (excludes halogenated alkanes) is 7. The zero-order valence-corrected chi connectivity index (χ0v) is 20.0. The Kier molecular flexibility index (Phi) is 12.7. The molecule has 1 aromatic carbocycles. The van der Waals surface area contributed by atoms with Gasteiger partial charge in [0, 0.05) is 6.61 Å². The average molecular weight is 465 g/mol. The van der Waals surface area contributed by atoms with Gasteiger partial charge in [-0.1, -0.05) is 69.6 Å². The summed E-state index contributed by atoms with van der Waals surface area (Å²) in [7, 11) is -7.79. The van der Waals surface area contributed by atoms with E-state index in [-0.39, 0.29) is 11.5 Å². The van der Waals surface area contributed by atoms with Gasteiger partial charge < -0.3 is 4.74 Å². The highest BCUT2D eigenvalue weighted by Gasteiger charge is 2.22. The third-order valence-corrected chi connectivity index (χ3v) is 6.39. The smallest absolute Gasteiger partial charge is 0.297 e. The van der Waals surface area contributed by atoms with Gasteiger partial charge in [-0.25, -0.2) is 0 Å². The third-order valence-electron chi connectivity index (χ3n) is 4.48. The molecule has 0 spiro atoms. The summed E-state index contributed by atoms with van der Waals surface area (Å²) >= 11 is 0. The van der Waals surface area contributed by atoms with Gasteiger partial charge in [0.1, 0.15) is 6.10 Å². The molecule has 0 aliphatic heterocycles. The highest BCUT2D eigenvalue weighted by molar-refractivity contribution is 7.86. The number of benzene rings is 1. The molecular formula is C21H36O7S2. The second-order valence-electron chi connectivity index (χ2n) is 7.52. The van der Waals surface area contributed by atoms with E-state index < -0.39 is 32.9 Å². The summed E-state index contributed by atoms with van der Waals surface area (Å²) in [6.07, 6.45) is 9.20. The first kappa shape index (κ1) is 27.0. The Morgan fingerprint density at radius 3 is 1.97 bits per heavy atom. The Labute approximate surface area is 182 Å². The van der Waals surface area contributed by atoms with E-state index in [0.29, 0.717) is 6.61 Å². The van der Waals surface area contributed by atoms with Crippen LogP contribution in [0.1, 0.15) is 63.9 Å². The average Bonchev–Trinajstić information content (AvgIpc) is 2.66. The molecule has 0 saturated carbocycles. The minimum Gasteiger partial charge on any atom is -0.379 e. The normalized spacial score (nSPS) is 13.4. The molecule has 9 heteroatoms. The Morgan fingerprint density at radius 2 is 1.40 bits per heavy atom. The summed E-state index contributed by atoms with van der Waals surface area (Å²) in [5.41, 5.74) is 0.918. The lowest BCUT2D eigenvalue weighted by atomic mass is 10.1. The molecule has 0 unspecified atom stereocenters. The third kappa shape index (κ3) is 12.6. The van der Waals surface area contributed by atoms with Crippen LogP contribution in [0.3, 0.4) is 0 Å². The second kappa shape index (κ2) is 14.1. The molecule has 0 N–H and O–H groups in total. The first-order valence-electron chi connectivity index (χ1n) is 10.6. The SMILES string of the molecule is CCCCCCCCCCOC[C@H](COS(=O)(=O)c1ccc(C)cc1)OS(C)(=O)=O. The lowest BCUT2D eigenvalue weighted by molar-refractivity contribution is 0.0294. The van der Waals surface area contributed by atoms with E-state index in [0.717, 1.165) is 31.1 Å². The van der Waals surface area contributed by atoms with Crippen molar-refractivity contribution in [1.29, 1.82) is 0 Å². The fourth-order valence-electron chi connectivity index (χ4n) is 2.84. The molecule has 0 radical (unpaired) electrons. The zero-order chi connectivity index (χ0) is 22.5. The molecule has 0 aliphatic carbocycles. The topological polar surface area (TPSA) is 96.0 Å². The van der Waals surface area contributed by atoms with E-state index in [1.807, 2.05) is 6.92 Å². The molecule has 174 valence electrons. The minimum atomic E-state index is -4.01. The fourth-order valence-corrected chi connectivity index (χ4v) is 4.38. The molecule has 0 heterocycles. The molecule has 0 aromatic heterocycles. The monoisotopic (exact) mass is 464 g/mol. The van der Waals surface area contributed by atoms with Crippen molar-refractivity contribution in [1.82, 2.24) is 0 Å². The molecule has 0 aliphatic rings. The molecule has 0 amide bonds. The van der Waals surface area contributed by atoms with Crippen molar-refractivity contribution >= 4 is 20.2 Å².